The highest BCUT2D eigenvalue weighted by Crippen LogP contribution is 2.22. The molecule has 4 heterocycles. The number of carbonyl (C=O) groups is 1. The fraction of sp³-hybridized carbons (Fsp3) is 0.300. The smallest absolute Gasteiger partial charge is 0.228 e. The number of likely N-dealkylation sites (tertiary alicyclic amines) is 1. The number of halogens is 1. The molecule has 4 rings (SSSR count). The molecule has 7 nitrogen and oxygen atoms in total. The van der Waals surface area contributed by atoms with Crippen molar-refractivity contribution in [2.24, 2.45) is 5.92 Å². The third kappa shape index (κ3) is 4.45. The van der Waals surface area contributed by atoms with Crippen LogP contribution in [-0.4, -0.2) is 43.6 Å². The molecular formula is C20H21BrN6O. The zero-order valence-electron chi connectivity index (χ0n) is 15.3. The Labute approximate surface area is 171 Å². The van der Waals surface area contributed by atoms with Crippen LogP contribution in [0.1, 0.15) is 12.8 Å². The van der Waals surface area contributed by atoms with Crippen LogP contribution in [0.25, 0.3) is 11.3 Å². The van der Waals surface area contributed by atoms with Gasteiger partial charge in [0.15, 0.2) is 0 Å². The molecule has 28 heavy (non-hydrogen) atoms. The Hall–Kier alpha value is -2.58. The van der Waals surface area contributed by atoms with Gasteiger partial charge in [-0.2, -0.15) is 5.10 Å². The largest absolute Gasteiger partial charge is 0.310 e. The van der Waals surface area contributed by atoms with Crippen LogP contribution in [0.5, 0.6) is 0 Å². The zero-order chi connectivity index (χ0) is 19.3. The summed E-state index contributed by atoms with van der Waals surface area (Å²) in [6, 6.07) is 9.66. The number of hydrogen-bond acceptors (Lipinski definition) is 5. The van der Waals surface area contributed by atoms with Gasteiger partial charge in [-0.05, 0) is 59.1 Å². The number of nitrogens with one attached hydrogen (secondary N) is 1. The highest BCUT2D eigenvalue weighted by atomic mass is 79.9. The zero-order valence-corrected chi connectivity index (χ0v) is 16.9. The third-order valence-corrected chi connectivity index (χ3v) is 5.43. The Bertz CT molecular complexity index is 919. The molecule has 0 atom stereocenters. The van der Waals surface area contributed by atoms with Gasteiger partial charge in [0.2, 0.25) is 5.91 Å². The Morgan fingerprint density at radius 1 is 1.11 bits per heavy atom. The van der Waals surface area contributed by atoms with Crippen molar-refractivity contribution >= 4 is 27.7 Å². The first-order valence-corrected chi connectivity index (χ1v) is 10.1. The van der Waals surface area contributed by atoms with Crippen molar-refractivity contribution in [2.75, 3.05) is 18.4 Å². The quantitative estimate of drug-likeness (QED) is 0.657. The van der Waals surface area contributed by atoms with Crippen molar-refractivity contribution in [3.05, 3.63) is 59.6 Å². The fourth-order valence-corrected chi connectivity index (χ4v) is 3.65. The van der Waals surface area contributed by atoms with E-state index in [4.69, 9.17) is 0 Å². The summed E-state index contributed by atoms with van der Waals surface area (Å²) < 4.78 is 2.89. The maximum atomic E-state index is 12.5. The molecule has 1 aliphatic rings. The van der Waals surface area contributed by atoms with Gasteiger partial charge >= 0.3 is 0 Å². The number of hydrogen-bond donors (Lipinski definition) is 1. The van der Waals surface area contributed by atoms with Gasteiger partial charge in [0.1, 0.15) is 5.82 Å². The van der Waals surface area contributed by atoms with E-state index in [0.717, 1.165) is 41.7 Å². The van der Waals surface area contributed by atoms with Crippen molar-refractivity contribution in [3.63, 3.8) is 0 Å². The predicted octanol–water partition coefficient (Wildman–Crippen LogP) is 3.41. The van der Waals surface area contributed by atoms with Gasteiger partial charge in [0.05, 0.1) is 12.4 Å². The molecule has 0 aliphatic carbocycles. The summed E-state index contributed by atoms with van der Waals surface area (Å²) in [6.45, 7) is 2.44. The molecule has 1 amide bonds. The number of piperidine rings is 1. The van der Waals surface area contributed by atoms with Gasteiger partial charge in [0, 0.05) is 53.8 Å². The van der Waals surface area contributed by atoms with Gasteiger partial charge < -0.3 is 5.32 Å². The van der Waals surface area contributed by atoms with Crippen LogP contribution in [0.3, 0.4) is 0 Å². The molecule has 0 bridgehead atoms. The summed E-state index contributed by atoms with van der Waals surface area (Å²) >= 11 is 3.35. The molecule has 0 radical (unpaired) electrons. The monoisotopic (exact) mass is 440 g/mol. The maximum Gasteiger partial charge on any atom is 0.228 e. The molecule has 0 unspecified atom stereocenters. The average Bonchev–Trinajstić information content (AvgIpc) is 3.19. The van der Waals surface area contributed by atoms with Crippen molar-refractivity contribution in [2.45, 2.75) is 19.5 Å². The summed E-state index contributed by atoms with van der Waals surface area (Å²) in [5.74, 6) is 0.652. The van der Waals surface area contributed by atoms with Crippen molar-refractivity contribution in [3.8, 4) is 11.3 Å². The number of amides is 1. The summed E-state index contributed by atoms with van der Waals surface area (Å²) in [7, 11) is 0. The Balaban J connectivity index is 1.32. The summed E-state index contributed by atoms with van der Waals surface area (Å²) in [4.78, 5) is 23.1. The molecule has 1 aliphatic heterocycles. The first-order chi connectivity index (χ1) is 13.7. The van der Waals surface area contributed by atoms with E-state index in [0.29, 0.717) is 12.5 Å². The summed E-state index contributed by atoms with van der Waals surface area (Å²) in [5.41, 5.74) is 2.17. The second-order valence-electron chi connectivity index (χ2n) is 6.84. The SMILES string of the molecule is O=C(Nc1ccc(Br)cn1)C1CCN(Cn2nccc2-c2ccncc2)CC1. The van der Waals surface area contributed by atoms with Crippen LogP contribution >= 0.6 is 15.9 Å². The van der Waals surface area contributed by atoms with Crippen LogP contribution in [0, 0.1) is 5.92 Å². The van der Waals surface area contributed by atoms with Gasteiger partial charge in [-0.15, -0.1) is 0 Å². The Morgan fingerprint density at radius 3 is 2.61 bits per heavy atom. The molecule has 8 heteroatoms. The molecule has 0 aromatic carbocycles. The van der Waals surface area contributed by atoms with Gasteiger partial charge in [-0.3, -0.25) is 19.4 Å². The van der Waals surface area contributed by atoms with E-state index in [9.17, 15) is 4.79 Å². The topological polar surface area (TPSA) is 75.9 Å². The molecule has 0 saturated carbocycles. The highest BCUT2D eigenvalue weighted by Gasteiger charge is 2.25. The first-order valence-electron chi connectivity index (χ1n) is 9.26. The standard InChI is InChI=1S/C20H21BrN6O/c21-17-1-2-19(23-13-17)25-20(28)16-6-11-26(12-7-16)14-27-18(5-10-24-27)15-3-8-22-9-4-15/h1-5,8-10,13,16H,6-7,11-12,14H2,(H,23,25,28). The lowest BCUT2D eigenvalue weighted by Gasteiger charge is -2.31. The molecule has 1 saturated heterocycles. The minimum absolute atomic E-state index is 0.0130. The minimum Gasteiger partial charge on any atom is -0.310 e. The highest BCUT2D eigenvalue weighted by molar-refractivity contribution is 9.10. The Morgan fingerprint density at radius 2 is 1.89 bits per heavy atom. The first kappa shape index (κ1) is 18.8. The number of aromatic nitrogens is 4. The molecular weight excluding hydrogens is 420 g/mol. The molecule has 1 fully saturated rings. The molecule has 3 aromatic heterocycles. The van der Waals surface area contributed by atoms with E-state index in [-0.39, 0.29) is 11.8 Å². The number of rotatable bonds is 5. The molecule has 3 aromatic rings. The second kappa shape index (κ2) is 8.62. The van der Waals surface area contributed by atoms with Crippen LogP contribution in [0.4, 0.5) is 5.82 Å². The lowest BCUT2D eigenvalue weighted by atomic mass is 9.96. The van der Waals surface area contributed by atoms with Gasteiger partial charge in [-0.25, -0.2) is 4.98 Å². The predicted molar refractivity (Wildman–Crippen MR) is 110 cm³/mol. The van der Waals surface area contributed by atoms with E-state index in [1.54, 1.807) is 24.7 Å². The molecule has 1 N–H and O–H groups in total. The number of carbonyl (C=O) groups excluding carboxylic acids is 1. The van der Waals surface area contributed by atoms with Crippen molar-refractivity contribution in [1.82, 2.24) is 24.6 Å². The third-order valence-electron chi connectivity index (χ3n) is 4.96. The normalized spacial score (nSPS) is 15.5. The minimum atomic E-state index is 0.0130. The second-order valence-corrected chi connectivity index (χ2v) is 7.75. The molecule has 144 valence electrons. The van der Waals surface area contributed by atoms with Crippen LogP contribution < -0.4 is 5.32 Å². The average molecular weight is 441 g/mol. The number of pyridine rings is 2. The van der Waals surface area contributed by atoms with E-state index in [2.05, 4.69) is 41.2 Å². The lowest BCUT2D eigenvalue weighted by molar-refractivity contribution is -0.121. The van der Waals surface area contributed by atoms with Crippen molar-refractivity contribution < 1.29 is 4.79 Å². The van der Waals surface area contributed by atoms with Crippen molar-refractivity contribution in [1.29, 1.82) is 0 Å². The maximum absolute atomic E-state index is 12.5. The summed E-state index contributed by atoms with van der Waals surface area (Å²) in [6.07, 6.45) is 8.74. The number of nitrogens with zero attached hydrogens (tertiary/aromatic N) is 5. The van der Waals surface area contributed by atoms with E-state index >= 15 is 0 Å². The van der Waals surface area contributed by atoms with Gasteiger partial charge in [-0.1, -0.05) is 0 Å². The fourth-order valence-electron chi connectivity index (χ4n) is 3.42. The Kier molecular flexibility index (Phi) is 5.78. The van der Waals surface area contributed by atoms with Gasteiger partial charge in [0.25, 0.3) is 0 Å². The number of anilines is 1. The molecule has 0 spiro atoms. The van der Waals surface area contributed by atoms with Crippen LogP contribution in [0.15, 0.2) is 59.6 Å². The van der Waals surface area contributed by atoms with E-state index < -0.39 is 0 Å². The summed E-state index contributed by atoms with van der Waals surface area (Å²) in [5, 5.41) is 7.38. The van der Waals surface area contributed by atoms with Crippen LogP contribution in [0.2, 0.25) is 0 Å². The van der Waals surface area contributed by atoms with Crippen LogP contribution in [-0.2, 0) is 11.5 Å². The lowest BCUT2D eigenvalue weighted by Crippen LogP contribution is -2.39. The van der Waals surface area contributed by atoms with E-state index in [1.807, 2.05) is 35.1 Å². The van der Waals surface area contributed by atoms with E-state index in [1.165, 1.54) is 0 Å².